The summed E-state index contributed by atoms with van der Waals surface area (Å²) in [7, 11) is 0. The second-order valence-electron chi connectivity index (χ2n) is 6.31. The number of anilines is 1. The number of nitrogens with zero attached hydrogens (tertiary/aromatic N) is 4. The second kappa shape index (κ2) is 7.75. The van der Waals surface area contributed by atoms with Gasteiger partial charge in [0.1, 0.15) is 0 Å². The van der Waals surface area contributed by atoms with Crippen LogP contribution in [0, 0.1) is 0 Å². The molecule has 0 unspecified atom stereocenters. The van der Waals surface area contributed by atoms with Gasteiger partial charge >= 0.3 is 0 Å². The summed E-state index contributed by atoms with van der Waals surface area (Å²) in [6.45, 7) is 3.73. The van der Waals surface area contributed by atoms with Crippen molar-refractivity contribution >= 4 is 29.4 Å². The Kier molecular flexibility index (Phi) is 5.02. The Morgan fingerprint density at radius 3 is 2.74 bits per heavy atom. The van der Waals surface area contributed by atoms with E-state index in [1.54, 1.807) is 18.5 Å². The lowest BCUT2D eigenvalue weighted by molar-refractivity contribution is -0.113. The number of benzene rings is 1. The molecule has 27 heavy (non-hydrogen) atoms. The highest BCUT2D eigenvalue weighted by molar-refractivity contribution is 7.99. The molecule has 1 saturated carbocycles. The van der Waals surface area contributed by atoms with Crippen LogP contribution < -0.4 is 5.32 Å². The number of amides is 1. The van der Waals surface area contributed by atoms with Crippen LogP contribution in [-0.4, -0.2) is 31.4 Å². The van der Waals surface area contributed by atoms with Gasteiger partial charge in [0, 0.05) is 29.7 Å². The number of rotatable bonds is 7. The first-order chi connectivity index (χ1) is 13.2. The first kappa shape index (κ1) is 17.5. The van der Waals surface area contributed by atoms with Crippen LogP contribution >= 0.6 is 11.8 Å². The molecule has 3 aromatic rings. The average Bonchev–Trinajstić information content (AvgIpc) is 3.46. The van der Waals surface area contributed by atoms with E-state index in [1.165, 1.54) is 11.8 Å². The van der Waals surface area contributed by atoms with E-state index in [0.717, 1.165) is 40.6 Å². The Morgan fingerprint density at radius 1 is 1.26 bits per heavy atom. The molecule has 1 aliphatic carbocycles. The van der Waals surface area contributed by atoms with Crippen molar-refractivity contribution in [3.05, 3.63) is 60.9 Å². The molecule has 1 aliphatic rings. The molecule has 4 rings (SSSR count). The SMILES string of the molecule is C=Cc1ccc(NC(=O)CSc2nnc(-c3cccnc3)n2C2CC2)cc1. The number of aromatic nitrogens is 4. The van der Waals surface area contributed by atoms with E-state index >= 15 is 0 Å². The minimum absolute atomic E-state index is 0.0698. The zero-order chi connectivity index (χ0) is 18.6. The summed E-state index contributed by atoms with van der Waals surface area (Å²) >= 11 is 1.41. The normalized spacial score (nSPS) is 13.3. The fourth-order valence-corrected chi connectivity index (χ4v) is 3.56. The molecule has 2 heterocycles. The number of carbonyl (C=O) groups excluding carboxylic acids is 1. The standard InChI is InChI=1S/C20H19N5OS/c1-2-14-5-7-16(8-6-14)22-18(26)13-27-20-24-23-19(25(20)17-9-10-17)15-4-3-11-21-12-15/h2-8,11-12,17H,1,9-10,13H2,(H,22,26). The molecule has 0 spiro atoms. The maximum Gasteiger partial charge on any atom is 0.234 e. The topological polar surface area (TPSA) is 72.7 Å². The molecular weight excluding hydrogens is 358 g/mol. The number of carbonyl (C=O) groups is 1. The lowest BCUT2D eigenvalue weighted by Gasteiger charge is -2.09. The van der Waals surface area contributed by atoms with Crippen LogP contribution in [0.1, 0.15) is 24.4 Å². The molecule has 2 aromatic heterocycles. The maximum absolute atomic E-state index is 12.3. The van der Waals surface area contributed by atoms with Gasteiger partial charge in [-0.2, -0.15) is 0 Å². The summed E-state index contributed by atoms with van der Waals surface area (Å²) < 4.78 is 2.13. The van der Waals surface area contributed by atoms with Crippen molar-refractivity contribution in [2.75, 3.05) is 11.1 Å². The van der Waals surface area contributed by atoms with Crippen LogP contribution in [0.5, 0.6) is 0 Å². The molecule has 0 radical (unpaired) electrons. The lowest BCUT2D eigenvalue weighted by Crippen LogP contribution is -2.14. The van der Waals surface area contributed by atoms with Gasteiger partial charge in [0.15, 0.2) is 11.0 Å². The Labute approximate surface area is 161 Å². The van der Waals surface area contributed by atoms with Crippen LogP contribution in [-0.2, 0) is 4.79 Å². The van der Waals surface area contributed by atoms with Crippen LogP contribution in [0.15, 0.2) is 60.5 Å². The summed E-state index contributed by atoms with van der Waals surface area (Å²) in [6.07, 6.45) is 7.52. The first-order valence-corrected chi connectivity index (χ1v) is 9.73. The Bertz CT molecular complexity index is 948. The van der Waals surface area contributed by atoms with Gasteiger partial charge in [-0.15, -0.1) is 10.2 Å². The van der Waals surface area contributed by atoms with Gasteiger partial charge in [-0.3, -0.25) is 14.3 Å². The summed E-state index contributed by atoms with van der Waals surface area (Å²) in [4.78, 5) is 16.5. The molecule has 136 valence electrons. The zero-order valence-electron chi connectivity index (χ0n) is 14.7. The Hall–Kier alpha value is -2.93. The highest BCUT2D eigenvalue weighted by atomic mass is 32.2. The minimum atomic E-state index is -0.0698. The molecule has 7 heteroatoms. The van der Waals surface area contributed by atoms with Crippen LogP contribution in [0.2, 0.25) is 0 Å². The van der Waals surface area contributed by atoms with E-state index < -0.39 is 0 Å². The quantitative estimate of drug-likeness (QED) is 0.629. The van der Waals surface area contributed by atoms with E-state index in [4.69, 9.17) is 0 Å². The van der Waals surface area contributed by atoms with Gasteiger partial charge in [0.05, 0.1) is 5.75 Å². The number of hydrogen-bond donors (Lipinski definition) is 1. The number of pyridine rings is 1. The number of thioether (sulfide) groups is 1. The van der Waals surface area contributed by atoms with E-state index in [2.05, 4.69) is 31.6 Å². The molecule has 0 aliphatic heterocycles. The third-order valence-corrected chi connectivity index (χ3v) is 5.20. The van der Waals surface area contributed by atoms with Crippen molar-refractivity contribution in [2.24, 2.45) is 0 Å². The van der Waals surface area contributed by atoms with Gasteiger partial charge in [-0.1, -0.05) is 36.5 Å². The monoisotopic (exact) mass is 377 g/mol. The highest BCUT2D eigenvalue weighted by Crippen LogP contribution is 2.40. The lowest BCUT2D eigenvalue weighted by atomic mass is 10.2. The molecule has 0 bridgehead atoms. The molecule has 1 N–H and O–H groups in total. The molecule has 0 atom stereocenters. The molecular formula is C20H19N5OS. The Balaban J connectivity index is 1.44. The number of nitrogens with one attached hydrogen (secondary N) is 1. The summed E-state index contributed by atoms with van der Waals surface area (Å²) in [5.41, 5.74) is 2.73. The largest absolute Gasteiger partial charge is 0.325 e. The molecule has 0 saturated heterocycles. The van der Waals surface area contributed by atoms with Gasteiger partial charge in [-0.25, -0.2) is 0 Å². The maximum atomic E-state index is 12.3. The molecule has 1 amide bonds. The third kappa shape index (κ3) is 4.09. The van der Waals surface area contributed by atoms with Crippen LogP contribution in [0.4, 0.5) is 5.69 Å². The van der Waals surface area contributed by atoms with Crippen molar-refractivity contribution < 1.29 is 4.79 Å². The van der Waals surface area contributed by atoms with Gasteiger partial charge in [0.25, 0.3) is 0 Å². The van der Waals surface area contributed by atoms with E-state index in [-0.39, 0.29) is 11.7 Å². The van der Waals surface area contributed by atoms with E-state index in [1.807, 2.05) is 36.4 Å². The van der Waals surface area contributed by atoms with E-state index in [9.17, 15) is 4.79 Å². The summed E-state index contributed by atoms with van der Waals surface area (Å²) in [6, 6.07) is 11.8. The first-order valence-electron chi connectivity index (χ1n) is 8.75. The predicted octanol–water partition coefficient (Wildman–Crippen LogP) is 4.05. The second-order valence-corrected chi connectivity index (χ2v) is 7.25. The van der Waals surface area contributed by atoms with Crippen LogP contribution in [0.3, 0.4) is 0 Å². The van der Waals surface area contributed by atoms with E-state index in [0.29, 0.717) is 6.04 Å². The van der Waals surface area contributed by atoms with Crippen molar-refractivity contribution in [2.45, 2.75) is 24.0 Å². The summed E-state index contributed by atoms with van der Waals surface area (Å²) in [5, 5.41) is 12.3. The van der Waals surface area contributed by atoms with Crippen LogP contribution in [0.25, 0.3) is 17.5 Å². The van der Waals surface area contributed by atoms with Gasteiger partial charge in [-0.05, 0) is 42.7 Å². The fourth-order valence-electron chi connectivity index (χ4n) is 2.76. The fraction of sp³-hybridized carbons (Fsp3) is 0.200. The minimum Gasteiger partial charge on any atom is -0.325 e. The number of hydrogen-bond acceptors (Lipinski definition) is 5. The van der Waals surface area contributed by atoms with Crippen molar-refractivity contribution in [3.8, 4) is 11.4 Å². The molecule has 6 nitrogen and oxygen atoms in total. The zero-order valence-corrected chi connectivity index (χ0v) is 15.5. The smallest absolute Gasteiger partial charge is 0.234 e. The molecule has 1 aromatic carbocycles. The summed E-state index contributed by atoms with van der Waals surface area (Å²) in [5.74, 6) is 1.02. The highest BCUT2D eigenvalue weighted by Gasteiger charge is 2.30. The predicted molar refractivity (Wildman–Crippen MR) is 107 cm³/mol. The van der Waals surface area contributed by atoms with Crippen molar-refractivity contribution in [1.29, 1.82) is 0 Å². The van der Waals surface area contributed by atoms with Crippen molar-refractivity contribution in [3.63, 3.8) is 0 Å². The Morgan fingerprint density at radius 2 is 2.07 bits per heavy atom. The third-order valence-electron chi connectivity index (χ3n) is 4.26. The van der Waals surface area contributed by atoms with Crippen molar-refractivity contribution in [1.82, 2.24) is 19.7 Å². The van der Waals surface area contributed by atoms with Gasteiger partial charge in [0.2, 0.25) is 5.91 Å². The average molecular weight is 377 g/mol. The molecule has 1 fully saturated rings. The van der Waals surface area contributed by atoms with Gasteiger partial charge < -0.3 is 5.32 Å².